The van der Waals surface area contributed by atoms with Gasteiger partial charge in [-0.2, -0.15) is 0 Å². The third-order valence-corrected chi connectivity index (χ3v) is 9.72. The zero-order chi connectivity index (χ0) is 44.9. The molecule has 4 aromatic carbocycles. The number of aliphatic hydroxyl groups excluding tert-OH is 1. The van der Waals surface area contributed by atoms with Gasteiger partial charge in [0, 0.05) is 20.8 Å². The molecule has 332 valence electrons. The highest BCUT2D eigenvalue weighted by Gasteiger charge is 2.55. The monoisotopic (exact) mass is 870 g/mol. The lowest BCUT2D eigenvalue weighted by Gasteiger charge is -2.46. The number of hydrogen-bond acceptors (Lipinski definition) is 17. The van der Waals surface area contributed by atoms with Gasteiger partial charge in [0.1, 0.15) is 24.9 Å². The van der Waals surface area contributed by atoms with Crippen molar-refractivity contribution < 1.29 is 81.2 Å². The largest absolute Gasteiger partial charge is 0.463 e. The molecule has 17 heteroatoms. The van der Waals surface area contributed by atoms with Gasteiger partial charge in [0.15, 0.2) is 43.1 Å². The molecule has 0 saturated carbocycles. The Kier molecular flexibility index (Phi) is 16.1. The number of carbonyl (C=O) groups is 6. The van der Waals surface area contributed by atoms with Crippen molar-refractivity contribution in [3.05, 3.63) is 144 Å². The second kappa shape index (κ2) is 22.0. The van der Waals surface area contributed by atoms with Crippen molar-refractivity contribution in [2.45, 2.75) is 88.8 Å². The molecule has 0 spiro atoms. The Morgan fingerprint density at radius 2 is 0.873 bits per heavy atom. The Bertz CT molecular complexity index is 2150. The fourth-order valence-electron chi connectivity index (χ4n) is 6.87. The zero-order valence-corrected chi connectivity index (χ0v) is 34.4. The van der Waals surface area contributed by atoms with Crippen LogP contribution < -0.4 is 0 Å². The van der Waals surface area contributed by atoms with Gasteiger partial charge in [-0.15, -0.1) is 0 Å². The van der Waals surface area contributed by atoms with E-state index >= 15 is 0 Å². The molecule has 4 aromatic rings. The summed E-state index contributed by atoms with van der Waals surface area (Å²) in [6, 6.07) is 32.3. The first kappa shape index (κ1) is 46.0. The van der Waals surface area contributed by atoms with Crippen molar-refractivity contribution in [1.29, 1.82) is 0 Å². The smallest absolute Gasteiger partial charge is 0.338 e. The van der Waals surface area contributed by atoms with E-state index in [9.17, 15) is 33.9 Å². The lowest BCUT2D eigenvalue weighted by molar-refractivity contribution is -0.332. The van der Waals surface area contributed by atoms with Crippen LogP contribution in [0, 0.1) is 0 Å². The number of ether oxygens (including phenoxy) is 10. The van der Waals surface area contributed by atoms with Crippen LogP contribution in [0.5, 0.6) is 0 Å². The molecular weight excluding hydrogens is 824 g/mol. The van der Waals surface area contributed by atoms with Crippen LogP contribution in [0.1, 0.15) is 57.4 Å². The standard InChI is InChI=1S/C46H46O17/c1-27(47)54-25-35-36(57-28(2)48)39(58-29(3)49)41(55-24-30-16-8-4-9-17-30)46(60-35)56-26-34-37(61-42(50)31-18-10-5-11-19-31)38(62-43(51)32-20-12-6-13-21-32)40(45(53)59-34)63-44(52)33-22-14-7-15-23-33/h4-23,34-41,45-46,53H,24-26H2,1-3H3/t34-,35-,36-,37+,38+,39+,40-,41-,45-,46+/m1/s1. The van der Waals surface area contributed by atoms with Gasteiger partial charge in [0.05, 0.1) is 29.9 Å². The molecule has 2 saturated heterocycles. The summed E-state index contributed by atoms with van der Waals surface area (Å²) in [5.74, 6) is -5.01. The number of carbonyl (C=O) groups excluding carboxylic acids is 6. The molecule has 0 radical (unpaired) electrons. The molecular formula is C46H46O17. The Labute approximate surface area is 362 Å². The number of rotatable bonds is 16. The maximum Gasteiger partial charge on any atom is 0.338 e. The summed E-state index contributed by atoms with van der Waals surface area (Å²) in [4.78, 5) is 78.0. The third kappa shape index (κ3) is 12.6. The molecule has 2 fully saturated rings. The molecule has 0 aliphatic carbocycles. The summed E-state index contributed by atoms with van der Waals surface area (Å²) in [6.45, 7) is 2.20. The van der Waals surface area contributed by atoms with Gasteiger partial charge in [-0.05, 0) is 42.0 Å². The van der Waals surface area contributed by atoms with Crippen LogP contribution in [0.4, 0.5) is 0 Å². The third-order valence-electron chi connectivity index (χ3n) is 9.72. The minimum absolute atomic E-state index is 0.0826. The molecule has 2 aliphatic heterocycles. The van der Waals surface area contributed by atoms with E-state index in [4.69, 9.17) is 47.4 Å². The molecule has 10 atom stereocenters. The summed E-state index contributed by atoms with van der Waals surface area (Å²) in [7, 11) is 0. The van der Waals surface area contributed by atoms with E-state index < -0.39 is 110 Å². The van der Waals surface area contributed by atoms with E-state index in [1.54, 1.807) is 84.9 Å². The normalized spacial score (nSPS) is 25.4. The molecule has 0 bridgehead atoms. The average molecular weight is 871 g/mol. The van der Waals surface area contributed by atoms with Crippen molar-refractivity contribution in [3.63, 3.8) is 0 Å². The Morgan fingerprint density at radius 3 is 1.37 bits per heavy atom. The van der Waals surface area contributed by atoms with Crippen LogP contribution in [0.3, 0.4) is 0 Å². The van der Waals surface area contributed by atoms with Crippen molar-refractivity contribution >= 4 is 35.8 Å². The van der Waals surface area contributed by atoms with E-state index in [0.29, 0.717) is 5.56 Å². The van der Waals surface area contributed by atoms with Crippen LogP contribution in [0.25, 0.3) is 0 Å². The maximum atomic E-state index is 13.8. The molecule has 2 aliphatic rings. The first-order valence-corrected chi connectivity index (χ1v) is 19.9. The van der Waals surface area contributed by atoms with Gasteiger partial charge in [-0.1, -0.05) is 84.9 Å². The second-order valence-corrected chi connectivity index (χ2v) is 14.4. The SMILES string of the molecule is CC(=O)OC[C@H]1O[C@H](OC[C@H]2O[C@@H](O)[C@H](OC(=O)c3ccccc3)[C@@H](OC(=O)c3ccccc3)[C@H]2OC(=O)c2ccccc2)[C@H](OCc2ccccc2)[C@@H](OC(C)=O)[C@@H]1OC(C)=O. The van der Waals surface area contributed by atoms with Crippen LogP contribution in [-0.2, 0) is 68.4 Å². The fourth-order valence-corrected chi connectivity index (χ4v) is 6.87. The Balaban J connectivity index is 1.37. The second-order valence-electron chi connectivity index (χ2n) is 14.4. The quantitative estimate of drug-likeness (QED) is 0.124. The highest BCUT2D eigenvalue weighted by molar-refractivity contribution is 5.91. The van der Waals surface area contributed by atoms with Gasteiger partial charge in [-0.25, -0.2) is 14.4 Å². The number of esters is 6. The summed E-state index contributed by atoms with van der Waals surface area (Å²) >= 11 is 0. The van der Waals surface area contributed by atoms with Crippen molar-refractivity contribution in [2.24, 2.45) is 0 Å². The number of aliphatic hydroxyl groups is 1. The van der Waals surface area contributed by atoms with Gasteiger partial charge in [-0.3, -0.25) is 14.4 Å². The summed E-state index contributed by atoms with van der Waals surface area (Å²) in [5, 5.41) is 11.6. The fraction of sp³-hybridized carbons (Fsp3) is 0.348. The van der Waals surface area contributed by atoms with E-state index in [0.717, 1.165) is 20.8 Å². The van der Waals surface area contributed by atoms with Crippen LogP contribution >= 0.6 is 0 Å². The van der Waals surface area contributed by atoms with Crippen molar-refractivity contribution in [1.82, 2.24) is 0 Å². The maximum absolute atomic E-state index is 13.8. The van der Waals surface area contributed by atoms with E-state index in [-0.39, 0.29) is 23.3 Å². The first-order chi connectivity index (χ1) is 30.4. The molecule has 0 amide bonds. The van der Waals surface area contributed by atoms with Gasteiger partial charge in [0.25, 0.3) is 0 Å². The van der Waals surface area contributed by atoms with Gasteiger partial charge in [0.2, 0.25) is 0 Å². The lowest BCUT2D eigenvalue weighted by Crippen LogP contribution is -2.64. The predicted octanol–water partition coefficient (Wildman–Crippen LogP) is 4.13. The summed E-state index contributed by atoms with van der Waals surface area (Å²) < 4.78 is 59.1. The first-order valence-electron chi connectivity index (χ1n) is 19.9. The van der Waals surface area contributed by atoms with E-state index in [1.165, 1.54) is 36.4 Å². The molecule has 17 nitrogen and oxygen atoms in total. The van der Waals surface area contributed by atoms with Gasteiger partial charge < -0.3 is 52.5 Å². The van der Waals surface area contributed by atoms with Crippen molar-refractivity contribution in [3.8, 4) is 0 Å². The minimum Gasteiger partial charge on any atom is -0.463 e. The highest BCUT2D eigenvalue weighted by atomic mass is 16.7. The molecule has 0 aromatic heterocycles. The Morgan fingerprint density at radius 1 is 0.460 bits per heavy atom. The molecule has 1 N–H and O–H groups in total. The van der Waals surface area contributed by atoms with E-state index in [2.05, 4.69) is 0 Å². The van der Waals surface area contributed by atoms with Gasteiger partial charge >= 0.3 is 35.8 Å². The minimum atomic E-state index is -2.01. The molecule has 6 rings (SSSR count). The zero-order valence-electron chi connectivity index (χ0n) is 34.4. The molecule has 0 unspecified atom stereocenters. The highest BCUT2D eigenvalue weighted by Crippen LogP contribution is 2.34. The summed E-state index contributed by atoms with van der Waals surface area (Å²) in [6.07, 6.45) is -15.7. The Hall–Kier alpha value is -6.50. The molecule has 63 heavy (non-hydrogen) atoms. The predicted molar refractivity (Wildman–Crippen MR) is 215 cm³/mol. The number of hydrogen-bond donors (Lipinski definition) is 1. The van der Waals surface area contributed by atoms with Crippen LogP contribution in [0.15, 0.2) is 121 Å². The lowest BCUT2D eigenvalue weighted by atomic mass is 9.97. The molecule has 2 heterocycles. The van der Waals surface area contributed by atoms with E-state index in [1.807, 2.05) is 0 Å². The van der Waals surface area contributed by atoms with Crippen LogP contribution in [-0.4, -0.2) is 116 Å². The topological polar surface area (TPSA) is 215 Å². The number of benzene rings is 4. The van der Waals surface area contributed by atoms with Crippen molar-refractivity contribution in [2.75, 3.05) is 13.2 Å². The summed E-state index contributed by atoms with van der Waals surface area (Å²) in [5.41, 5.74) is 0.956. The average Bonchev–Trinajstić information content (AvgIpc) is 3.28. The van der Waals surface area contributed by atoms with Crippen LogP contribution in [0.2, 0.25) is 0 Å².